The number of anilines is 3. The van der Waals surface area contributed by atoms with E-state index < -0.39 is 0 Å². The Balaban J connectivity index is 1.18. The predicted octanol–water partition coefficient (Wildman–Crippen LogP) is 13.6. The van der Waals surface area contributed by atoms with E-state index in [0.717, 1.165) is 28.2 Å². The summed E-state index contributed by atoms with van der Waals surface area (Å²) in [5.74, 6) is 0. The standard InChI is InChI=1S/C51H37N/c1-36-24-30-43(31-25-36)52(44-18-10-12-37(32-44)34-50-46-20-6-2-14-39(46)26-27-40-15-3-7-21-47(40)50)45-19-11-13-38(33-45)35-51-48-22-8-4-16-41(48)28-29-42-17-5-9-23-49(42)51/h2-35H,1H3. The molecule has 0 fully saturated rings. The highest BCUT2D eigenvalue weighted by molar-refractivity contribution is 6.01. The van der Waals surface area contributed by atoms with Crippen LogP contribution >= 0.6 is 0 Å². The summed E-state index contributed by atoms with van der Waals surface area (Å²) in [6.07, 6.45) is 13.6. The van der Waals surface area contributed by atoms with Crippen LogP contribution in [0.4, 0.5) is 17.1 Å². The first-order chi connectivity index (χ1) is 25.7. The molecule has 0 saturated heterocycles. The van der Waals surface area contributed by atoms with Crippen LogP contribution in [0.15, 0.2) is 170 Å². The fraction of sp³-hybridized carbons (Fsp3) is 0.0196. The minimum absolute atomic E-state index is 1.10. The molecule has 246 valence electrons. The van der Waals surface area contributed by atoms with Crippen LogP contribution in [0.2, 0.25) is 0 Å². The molecule has 7 aromatic carbocycles. The Labute approximate surface area is 306 Å². The maximum absolute atomic E-state index is 2.37. The highest BCUT2D eigenvalue weighted by atomic mass is 15.1. The van der Waals surface area contributed by atoms with Gasteiger partial charge in [0.1, 0.15) is 0 Å². The van der Waals surface area contributed by atoms with Gasteiger partial charge in [0, 0.05) is 17.1 Å². The van der Waals surface area contributed by atoms with Crippen LogP contribution in [0.3, 0.4) is 0 Å². The Hall–Kier alpha value is -6.70. The Morgan fingerprint density at radius 1 is 0.346 bits per heavy atom. The van der Waals surface area contributed by atoms with Crippen LogP contribution in [0.1, 0.15) is 61.2 Å². The van der Waals surface area contributed by atoms with Crippen molar-refractivity contribution in [1.82, 2.24) is 0 Å². The molecule has 0 radical (unpaired) electrons. The van der Waals surface area contributed by atoms with Crippen molar-refractivity contribution in [3.8, 4) is 0 Å². The van der Waals surface area contributed by atoms with Crippen molar-refractivity contribution in [2.24, 2.45) is 0 Å². The molecule has 0 aromatic heterocycles. The third-order valence-corrected chi connectivity index (χ3v) is 10.1. The van der Waals surface area contributed by atoms with Gasteiger partial charge in [-0.3, -0.25) is 0 Å². The van der Waals surface area contributed by atoms with Crippen LogP contribution in [0.5, 0.6) is 0 Å². The van der Waals surface area contributed by atoms with Gasteiger partial charge in [-0.05, 0) is 122 Å². The molecule has 0 aliphatic heterocycles. The van der Waals surface area contributed by atoms with Crippen molar-refractivity contribution in [2.45, 2.75) is 6.92 Å². The fourth-order valence-corrected chi connectivity index (χ4v) is 7.49. The van der Waals surface area contributed by atoms with Crippen molar-refractivity contribution in [1.29, 1.82) is 0 Å². The van der Waals surface area contributed by atoms with E-state index >= 15 is 0 Å². The average molecular weight is 664 g/mol. The molecule has 0 heterocycles. The lowest BCUT2D eigenvalue weighted by molar-refractivity contribution is 1.27. The van der Waals surface area contributed by atoms with Crippen LogP contribution in [-0.2, 0) is 0 Å². The molecule has 1 heteroatoms. The van der Waals surface area contributed by atoms with E-state index in [1.54, 1.807) is 0 Å². The summed E-state index contributed by atoms with van der Waals surface area (Å²) in [4.78, 5) is 2.37. The first kappa shape index (κ1) is 31.3. The number of fused-ring (bicyclic) bond motifs is 4. The molecule has 0 saturated carbocycles. The second-order valence-corrected chi connectivity index (χ2v) is 13.5. The van der Waals surface area contributed by atoms with Crippen molar-refractivity contribution < 1.29 is 0 Å². The second kappa shape index (κ2) is 13.5. The van der Waals surface area contributed by atoms with E-state index in [9.17, 15) is 0 Å². The zero-order valence-electron chi connectivity index (χ0n) is 29.1. The molecule has 0 atom stereocenters. The van der Waals surface area contributed by atoms with Crippen LogP contribution in [-0.4, -0.2) is 0 Å². The molecular formula is C51H37N. The van der Waals surface area contributed by atoms with Gasteiger partial charge in [0.25, 0.3) is 0 Å². The highest BCUT2D eigenvalue weighted by Gasteiger charge is 2.18. The maximum Gasteiger partial charge on any atom is 0.0467 e. The first-order valence-electron chi connectivity index (χ1n) is 17.9. The number of rotatable bonds is 5. The van der Waals surface area contributed by atoms with E-state index in [-0.39, 0.29) is 0 Å². The van der Waals surface area contributed by atoms with E-state index in [2.05, 4.69) is 218 Å². The monoisotopic (exact) mass is 663 g/mol. The lowest BCUT2D eigenvalue weighted by Gasteiger charge is -2.26. The van der Waals surface area contributed by atoms with E-state index in [4.69, 9.17) is 0 Å². The lowest BCUT2D eigenvalue weighted by atomic mass is 9.91. The lowest BCUT2D eigenvalue weighted by Crippen LogP contribution is -2.10. The predicted molar refractivity (Wildman–Crippen MR) is 223 cm³/mol. The largest absolute Gasteiger partial charge is 0.310 e. The van der Waals surface area contributed by atoms with Crippen molar-refractivity contribution in [2.75, 3.05) is 4.90 Å². The summed E-state index contributed by atoms with van der Waals surface area (Å²) in [7, 11) is 0. The third kappa shape index (κ3) is 6.04. The van der Waals surface area contributed by atoms with Gasteiger partial charge in [-0.25, -0.2) is 0 Å². The Bertz CT molecular complexity index is 2310. The van der Waals surface area contributed by atoms with E-state index in [1.165, 1.54) is 61.2 Å². The summed E-state index contributed by atoms with van der Waals surface area (Å²) >= 11 is 0. The molecule has 1 nitrogen and oxygen atoms in total. The van der Waals surface area contributed by atoms with Crippen molar-refractivity contribution in [3.05, 3.63) is 231 Å². The maximum atomic E-state index is 2.37. The normalized spacial score (nSPS) is 12.5. The summed E-state index contributed by atoms with van der Waals surface area (Å²) in [5, 5.41) is 0. The first-order valence-corrected chi connectivity index (χ1v) is 17.9. The van der Waals surface area contributed by atoms with Gasteiger partial charge in [0.05, 0.1) is 0 Å². The fourth-order valence-electron chi connectivity index (χ4n) is 7.49. The van der Waals surface area contributed by atoms with E-state index in [1.807, 2.05) is 0 Å². The van der Waals surface area contributed by atoms with Crippen LogP contribution in [0, 0.1) is 6.92 Å². The Morgan fingerprint density at radius 3 is 1.10 bits per heavy atom. The zero-order chi connectivity index (χ0) is 34.9. The second-order valence-electron chi connectivity index (χ2n) is 13.5. The molecular weight excluding hydrogens is 627 g/mol. The summed E-state index contributed by atoms with van der Waals surface area (Å²) in [6.45, 7) is 2.14. The van der Waals surface area contributed by atoms with Crippen LogP contribution < -0.4 is 4.90 Å². The third-order valence-electron chi connectivity index (χ3n) is 10.1. The average Bonchev–Trinajstić information content (AvgIpc) is 3.45. The minimum atomic E-state index is 1.10. The van der Waals surface area contributed by atoms with E-state index in [0.29, 0.717) is 0 Å². The number of benzene rings is 7. The number of nitrogens with zero attached hydrogens (tertiary/aromatic N) is 1. The summed E-state index contributed by atoms with van der Waals surface area (Å²) in [5.41, 5.74) is 19.1. The molecule has 0 unspecified atom stereocenters. The molecule has 0 bridgehead atoms. The quantitative estimate of drug-likeness (QED) is 0.177. The number of aryl methyl sites for hydroxylation is 1. The minimum Gasteiger partial charge on any atom is -0.310 e. The van der Waals surface area contributed by atoms with Gasteiger partial charge >= 0.3 is 0 Å². The van der Waals surface area contributed by atoms with Gasteiger partial charge in [0.2, 0.25) is 0 Å². The molecule has 7 aromatic rings. The van der Waals surface area contributed by atoms with Gasteiger partial charge in [0.15, 0.2) is 0 Å². The summed E-state index contributed by atoms with van der Waals surface area (Å²) < 4.78 is 0. The molecule has 0 amide bonds. The zero-order valence-corrected chi connectivity index (χ0v) is 29.1. The Morgan fingerprint density at radius 2 is 0.712 bits per heavy atom. The highest BCUT2D eigenvalue weighted by Crippen LogP contribution is 2.40. The smallest absolute Gasteiger partial charge is 0.0467 e. The SMILES string of the molecule is Cc1ccc(N(c2cccc(C=C3c4ccccc4C=Cc4ccccc43)c2)c2cccc(C=C3c4ccccc4C=Cc4ccccc43)c2)cc1. The molecule has 2 aliphatic carbocycles. The van der Waals surface area contributed by atoms with Crippen LogP contribution in [0.25, 0.3) is 47.6 Å². The van der Waals surface area contributed by atoms with Gasteiger partial charge in [-0.2, -0.15) is 0 Å². The van der Waals surface area contributed by atoms with Gasteiger partial charge in [-0.1, -0.05) is 163 Å². The Kier molecular flexibility index (Phi) is 8.15. The molecule has 0 spiro atoms. The topological polar surface area (TPSA) is 3.24 Å². The van der Waals surface area contributed by atoms with Crippen molar-refractivity contribution >= 4 is 64.7 Å². The van der Waals surface area contributed by atoms with Crippen molar-refractivity contribution in [3.63, 3.8) is 0 Å². The molecule has 9 rings (SSSR count). The van der Waals surface area contributed by atoms with Gasteiger partial charge < -0.3 is 4.90 Å². The van der Waals surface area contributed by atoms with Gasteiger partial charge in [-0.15, -0.1) is 0 Å². The summed E-state index contributed by atoms with van der Waals surface area (Å²) in [6, 6.07) is 61.4. The number of hydrogen-bond donors (Lipinski definition) is 0. The molecule has 52 heavy (non-hydrogen) atoms. The molecule has 2 aliphatic rings. The molecule has 0 N–H and O–H groups in total. The number of hydrogen-bond acceptors (Lipinski definition) is 1.